The Balaban J connectivity index is 2.24. The number of nitrogens with one attached hydrogen (secondary N) is 1. The first-order valence-corrected chi connectivity index (χ1v) is 8.38. The fourth-order valence-electron chi connectivity index (χ4n) is 2.51. The first-order valence-electron chi connectivity index (χ1n) is 6.54. The van der Waals surface area contributed by atoms with E-state index in [0.717, 1.165) is 31.1 Å². The molecule has 2 rings (SSSR count). The number of hydrogen-bond acceptors (Lipinski definition) is 4. The monoisotopic (exact) mass is 362 g/mol. The Morgan fingerprint density at radius 1 is 1.55 bits per heavy atom. The van der Waals surface area contributed by atoms with E-state index in [1.807, 2.05) is 11.8 Å². The van der Waals surface area contributed by atoms with Crippen LogP contribution >= 0.6 is 27.7 Å². The van der Waals surface area contributed by atoms with Crippen LogP contribution in [-0.2, 0) is 0 Å². The van der Waals surface area contributed by atoms with Gasteiger partial charge in [0.25, 0.3) is 5.69 Å². The fourth-order valence-corrected chi connectivity index (χ4v) is 4.05. The number of hydrogen-bond donors (Lipinski definition) is 1. The molecule has 0 radical (unpaired) electrons. The molecule has 0 aliphatic heterocycles. The van der Waals surface area contributed by atoms with Crippen molar-refractivity contribution in [1.29, 1.82) is 0 Å². The zero-order valence-electron chi connectivity index (χ0n) is 11.1. The van der Waals surface area contributed by atoms with E-state index in [0.29, 0.717) is 10.9 Å². The molecule has 1 aliphatic rings. The molecule has 0 aromatic heterocycles. The van der Waals surface area contributed by atoms with Gasteiger partial charge in [-0.15, -0.1) is 0 Å². The minimum absolute atomic E-state index is 0.205. The van der Waals surface area contributed by atoms with Gasteiger partial charge in [-0.3, -0.25) is 10.1 Å². The smallest absolute Gasteiger partial charge is 0.295 e. The number of nitro groups is 1. The normalized spacial score (nSPS) is 21.9. The maximum atomic E-state index is 13.4. The van der Waals surface area contributed by atoms with Crippen molar-refractivity contribution in [1.82, 2.24) is 0 Å². The molecule has 2 unspecified atom stereocenters. The molecule has 0 spiro atoms. The summed E-state index contributed by atoms with van der Waals surface area (Å²) in [5.41, 5.74) is 0.176. The predicted molar refractivity (Wildman–Crippen MR) is 83.9 cm³/mol. The number of halogens is 2. The van der Waals surface area contributed by atoms with Gasteiger partial charge in [0, 0.05) is 11.3 Å². The van der Waals surface area contributed by atoms with E-state index in [1.165, 1.54) is 6.07 Å². The number of rotatable bonds is 5. The molecule has 4 nitrogen and oxygen atoms in total. The Morgan fingerprint density at radius 2 is 2.30 bits per heavy atom. The minimum Gasteiger partial charge on any atom is -0.376 e. The molecule has 0 saturated heterocycles. The molecular formula is C13H16BrFN2O2S. The number of anilines is 1. The van der Waals surface area contributed by atoms with Crippen LogP contribution in [0.1, 0.15) is 26.2 Å². The summed E-state index contributed by atoms with van der Waals surface area (Å²) in [7, 11) is 0. The third-order valence-electron chi connectivity index (χ3n) is 3.41. The van der Waals surface area contributed by atoms with Gasteiger partial charge in [-0.25, -0.2) is 4.39 Å². The first kappa shape index (κ1) is 15.6. The Bertz CT molecular complexity index is 515. The lowest BCUT2D eigenvalue weighted by Gasteiger charge is -2.21. The molecule has 2 atom stereocenters. The van der Waals surface area contributed by atoms with Gasteiger partial charge < -0.3 is 5.32 Å². The maximum absolute atomic E-state index is 13.4. The van der Waals surface area contributed by atoms with Crippen LogP contribution < -0.4 is 5.32 Å². The molecule has 1 aromatic rings. The van der Waals surface area contributed by atoms with Crippen LogP contribution in [-0.4, -0.2) is 22.0 Å². The SMILES string of the molecule is CCSC1CCCC1Nc1cc(Br)c(F)cc1[N+](=O)[O-]. The van der Waals surface area contributed by atoms with E-state index in [4.69, 9.17) is 0 Å². The quantitative estimate of drug-likeness (QED) is 0.615. The van der Waals surface area contributed by atoms with Gasteiger partial charge in [0.05, 0.1) is 15.5 Å². The summed E-state index contributed by atoms with van der Waals surface area (Å²) in [4.78, 5) is 10.5. The minimum atomic E-state index is -0.617. The van der Waals surface area contributed by atoms with Gasteiger partial charge in [-0.05, 0) is 40.6 Å². The second-order valence-electron chi connectivity index (χ2n) is 4.72. The van der Waals surface area contributed by atoms with E-state index in [-0.39, 0.29) is 16.2 Å². The molecule has 1 fully saturated rings. The van der Waals surface area contributed by atoms with Gasteiger partial charge >= 0.3 is 0 Å². The van der Waals surface area contributed by atoms with Crippen molar-refractivity contribution in [2.75, 3.05) is 11.1 Å². The van der Waals surface area contributed by atoms with Gasteiger partial charge in [0.15, 0.2) is 0 Å². The Kier molecular flexibility index (Phi) is 5.26. The number of benzene rings is 1. The van der Waals surface area contributed by atoms with Crippen molar-refractivity contribution in [3.63, 3.8) is 0 Å². The number of nitrogens with zero attached hydrogens (tertiary/aromatic N) is 1. The number of thioether (sulfide) groups is 1. The lowest BCUT2D eigenvalue weighted by molar-refractivity contribution is -0.384. The van der Waals surface area contributed by atoms with E-state index in [2.05, 4.69) is 28.2 Å². The summed E-state index contributed by atoms with van der Waals surface area (Å²) >= 11 is 4.95. The molecule has 0 amide bonds. The third kappa shape index (κ3) is 3.44. The highest BCUT2D eigenvalue weighted by atomic mass is 79.9. The van der Waals surface area contributed by atoms with E-state index < -0.39 is 10.7 Å². The van der Waals surface area contributed by atoms with Crippen molar-refractivity contribution in [2.45, 2.75) is 37.5 Å². The number of nitro benzene ring substituents is 1. The summed E-state index contributed by atoms with van der Waals surface area (Å²) in [5.74, 6) is 0.408. The zero-order valence-corrected chi connectivity index (χ0v) is 13.5. The van der Waals surface area contributed by atoms with Gasteiger partial charge in [0.2, 0.25) is 0 Å². The van der Waals surface area contributed by atoms with Crippen LogP contribution in [0.5, 0.6) is 0 Å². The average molecular weight is 363 g/mol. The molecule has 1 aromatic carbocycles. The van der Waals surface area contributed by atoms with Crippen LogP contribution in [0, 0.1) is 15.9 Å². The first-order chi connectivity index (χ1) is 9.52. The highest BCUT2D eigenvalue weighted by molar-refractivity contribution is 9.10. The topological polar surface area (TPSA) is 55.2 Å². The predicted octanol–water partition coefficient (Wildman–Crippen LogP) is 4.58. The van der Waals surface area contributed by atoms with Crippen molar-refractivity contribution < 1.29 is 9.31 Å². The molecular weight excluding hydrogens is 347 g/mol. The Labute approximate surface area is 129 Å². The molecule has 0 bridgehead atoms. The van der Waals surface area contributed by atoms with Crippen molar-refractivity contribution in [3.05, 3.63) is 32.5 Å². The van der Waals surface area contributed by atoms with Crippen molar-refractivity contribution >= 4 is 39.1 Å². The summed E-state index contributed by atoms with van der Waals surface area (Å²) in [6.07, 6.45) is 3.22. The second-order valence-corrected chi connectivity index (χ2v) is 7.09. The van der Waals surface area contributed by atoms with Crippen LogP contribution in [0.3, 0.4) is 0 Å². The van der Waals surface area contributed by atoms with Gasteiger partial charge in [-0.2, -0.15) is 11.8 Å². The Morgan fingerprint density at radius 3 is 2.95 bits per heavy atom. The average Bonchev–Trinajstić information content (AvgIpc) is 2.81. The lowest BCUT2D eigenvalue weighted by atomic mass is 10.2. The van der Waals surface area contributed by atoms with Crippen LogP contribution in [0.15, 0.2) is 16.6 Å². The standard InChI is InChI=1S/C13H16BrFN2O2S/c1-2-20-13-5-3-4-10(13)16-11-6-8(14)9(15)7-12(11)17(18)19/h6-7,10,13,16H,2-5H2,1H3. The van der Waals surface area contributed by atoms with E-state index in [9.17, 15) is 14.5 Å². The highest BCUT2D eigenvalue weighted by Gasteiger charge is 2.29. The van der Waals surface area contributed by atoms with Crippen LogP contribution in [0.25, 0.3) is 0 Å². The summed E-state index contributed by atoms with van der Waals surface area (Å²) in [6.45, 7) is 2.11. The summed E-state index contributed by atoms with van der Waals surface area (Å²) < 4.78 is 13.7. The molecule has 1 N–H and O–H groups in total. The fraction of sp³-hybridized carbons (Fsp3) is 0.538. The van der Waals surface area contributed by atoms with E-state index in [1.54, 1.807) is 0 Å². The highest BCUT2D eigenvalue weighted by Crippen LogP contribution is 2.36. The van der Waals surface area contributed by atoms with Gasteiger partial charge in [0.1, 0.15) is 11.5 Å². The zero-order chi connectivity index (χ0) is 14.7. The Hall–Kier alpha value is -0.820. The summed E-state index contributed by atoms with van der Waals surface area (Å²) in [5, 5.41) is 14.7. The van der Waals surface area contributed by atoms with E-state index >= 15 is 0 Å². The van der Waals surface area contributed by atoms with Crippen molar-refractivity contribution in [2.24, 2.45) is 0 Å². The molecule has 110 valence electrons. The molecule has 1 saturated carbocycles. The maximum Gasteiger partial charge on any atom is 0.295 e. The van der Waals surface area contributed by atoms with Crippen LogP contribution in [0.4, 0.5) is 15.8 Å². The lowest BCUT2D eigenvalue weighted by Crippen LogP contribution is -2.26. The largest absolute Gasteiger partial charge is 0.376 e. The van der Waals surface area contributed by atoms with Crippen molar-refractivity contribution in [3.8, 4) is 0 Å². The molecule has 20 heavy (non-hydrogen) atoms. The molecule has 7 heteroatoms. The molecule has 1 aliphatic carbocycles. The second kappa shape index (κ2) is 6.76. The third-order valence-corrected chi connectivity index (χ3v) is 5.34. The summed E-state index contributed by atoms with van der Waals surface area (Å²) in [6, 6.07) is 2.62. The van der Waals surface area contributed by atoms with Crippen LogP contribution in [0.2, 0.25) is 0 Å². The van der Waals surface area contributed by atoms with Gasteiger partial charge in [-0.1, -0.05) is 13.3 Å². The molecule has 0 heterocycles.